The first kappa shape index (κ1) is 12.5. The number of rotatable bonds is 1. The number of piperidine rings is 1. The van der Waals surface area contributed by atoms with Crippen molar-refractivity contribution in [3.8, 4) is 0 Å². The molecule has 0 aromatic heterocycles. The minimum Gasteiger partial charge on any atom is -0.339 e. The molecule has 3 rings (SSSR count). The van der Waals surface area contributed by atoms with Crippen molar-refractivity contribution in [2.45, 2.75) is 57.9 Å². The van der Waals surface area contributed by atoms with Gasteiger partial charge in [-0.15, -0.1) is 0 Å². The van der Waals surface area contributed by atoms with E-state index in [9.17, 15) is 4.79 Å². The maximum absolute atomic E-state index is 12.9. The third-order valence-corrected chi connectivity index (χ3v) is 5.39. The molecule has 3 aliphatic rings. The van der Waals surface area contributed by atoms with Crippen LogP contribution in [0.25, 0.3) is 0 Å². The van der Waals surface area contributed by atoms with Crippen LogP contribution in [0.1, 0.15) is 51.9 Å². The van der Waals surface area contributed by atoms with Crippen molar-refractivity contribution in [1.82, 2.24) is 10.2 Å². The molecule has 1 amide bonds. The highest BCUT2D eigenvalue weighted by molar-refractivity contribution is 5.83. The predicted molar refractivity (Wildman–Crippen MR) is 72.3 cm³/mol. The molecule has 0 radical (unpaired) electrons. The Hall–Kier alpha value is -0.570. The Morgan fingerprint density at radius 3 is 2.78 bits per heavy atom. The third kappa shape index (κ3) is 2.07. The number of hydrogen-bond acceptors (Lipinski definition) is 2. The highest BCUT2D eigenvalue weighted by Crippen LogP contribution is 2.38. The molecule has 1 N–H and O–H groups in total. The van der Waals surface area contributed by atoms with Gasteiger partial charge in [0.15, 0.2) is 0 Å². The van der Waals surface area contributed by atoms with E-state index in [4.69, 9.17) is 0 Å². The summed E-state index contributed by atoms with van der Waals surface area (Å²) in [4.78, 5) is 15.1. The molecule has 18 heavy (non-hydrogen) atoms. The Balaban J connectivity index is 1.75. The first-order valence-electron chi connectivity index (χ1n) is 7.72. The summed E-state index contributed by atoms with van der Waals surface area (Å²) in [6.45, 7) is 5.04. The SMILES string of the molecule is CC1(C(=O)N2CCC[C@H]3CCCC[C@H]32)CCNC1. The van der Waals surface area contributed by atoms with Crippen LogP contribution in [0.2, 0.25) is 0 Å². The van der Waals surface area contributed by atoms with E-state index in [2.05, 4.69) is 17.1 Å². The van der Waals surface area contributed by atoms with Gasteiger partial charge in [-0.1, -0.05) is 12.8 Å². The molecular weight excluding hydrogens is 224 g/mol. The number of nitrogens with one attached hydrogen (secondary N) is 1. The van der Waals surface area contributed by atoms with E-state index >= 15 is 0 Å². The van der Waals surface area contributed by atoms with Crippen LogP contribution < -0.4 is 5.32 Å². The summed E-state index contributed by atoms with van der Waals surface area (Å²) >= 11 is 0. The zero-order valence-corrected chi connectivity index (χ0v) is 11.6. The molecule has 1 aliphatic carbocycles. The van der Waals surface area contributed by atoms with Gasteiger partial charge in [0, 0.05) is 19.1 Å². The second-order valence-corrected chi connectivity index (χ2v) is 6.74. The Kier molecular flexibility index (Phi) is 3.35. The van der Waals surface area contributed by atoms with Crippen molar-refractivity contribution in [3.63, 3.8) is 0 Å². The van der Waals surface area contributed by atoms with Gasteiger partial charge in [-0.3, -0.25) is 4.79 Å². The molecule has 0 aromatic rings. The van der Waals surface area contributed by atoms with E-state index in [1.54, 1.807) is 0 Å². The van der Waals surface area contributed by atoms with E-state index < -0.39 is 0 Å². The summed E-state index contributed by atoms with van der Waals surface area (Å²) in [6.07, 6.45) is 8.88. The topological polar surface area (TPSA) is 32.3 Å². The average molecular weight is 250 g/mol. The standard InChI is InChI=1S/C15H26N2O/c1-15(8-9-16-11-15)14(18)17-10-4-6-12-5-2-3-7-13(12)17/h12-13,16H,2-11H2,1H3/t12-,13-,15?/m1/s1. The zero-order valence-electron chi connectivity index (χ0n) is 11.6. The van der Waals surface area contributed by atoms with Gasteiger partial charge in [0.2, 0.25) is 5.91 Å². The minimum atomic E-state index is -0.126. The van der Waals surface area contributed by atoms with Crippen molar-refractivity contribution in [2.24, 2.45) is 11.3 Å². The number of likely N-dealkylation sites (tertiary alicyclic amines) is 1. The normalized spacial score (nSPS) is 40.6. The first-order chi connectivity index (χ1) is 8.71. The van der Waals surface area contributed by atoms with Crippen LogP contribution in [0, 0.1) is 11.3 Å². The van der Waals surface area contributed by atoms with Crippen LogP contribution in [0.3, 0.4) is 0 Å². The second kappa shape index (κ2) is 4.84. The molecule has 0 bridgehead atoms. The quantitative estimate of drug-likeness (QED) is 0.773. The largest absolute Gasteiger partial charge is 0.339 e. The van der Waals surface area contributed by atoms with Crippen molar-refractivity contribution in [2.75, 3.05) is 19.6 Å². The van der Waals surface area contributed by atoms with Crippen LogP contribution in [0.4, 0.5) is 0 Å². The van der Waals surface area contributed by atoms with E-state index in [0.717, 1.165) is 32.0 Å². The van der Waals surface area contributed by atoms with E-state index in [-0.39, 0.29) is 5.41 Å². The van der Waals surface area contributed by atoms with Gasteiger partial charge < -0.3 is 10.2 Å². The number of carbonyl (C=O) groups is 1. The molecule has 3 atom stereocenters. The van der Waals surface area contributed by atoms with Gasteiger partial charge >= 0.3 is 0 Å². The fourth-order valence-electron chi connectivity index (χ4n) is 4.22. The van der Waals surface area contributed by atoms with E-state index in [0.29, 0.717) is 11.9 Å². The van der Waals surface area contributed by atoms with Gasteiger partial charge in [0.05, 0.1) is 5.41 Å². The number of carbonyl (C=O) groups excluding carboxylic acids is 1. The lowest BCUT2D eigenvalue weighted by molar-refractivity contribution is -0.146. The van der Waals surface area contributed by atoms with Crippen LogP contribution in [-0.4, -0.2) is 36.5 Å². The molecule has 102 valence electrons. The van der Waals surface area contributed by atoms with Gasteiger partial charge in [-0.05, 0) is 51.5 Å². The van der Waals surface area contributed by atoms with Gasteiger partial charge in [0.25, 0.3) is 0 Å². The molecule has 2 heterocycles. The number of amides is 1. The summed E-state index contributed by atoms with van der Waals surface area (Å²) in [5, 5.41) is 3.36. The van der Waals surface area contributed by atoms with Crippen molar-refractivity contribution in [3.05, 3.63) is 0 Å². The van der Waals surface area contributed by atoms with Crippen molar-refractivity contribution >= 4 is 5.91 Å². The molecule has 3 fully saturated rings. The first-order valence-corrected chi connectivity index (χ1v) is 7.72. The Labute approximate surface area is 110 Å². The van der Waals surface area contributed by atoms with Crippen LogP contribution >= 0.6 is 0 Å². The maximum atomic E-state index is 12.9. The summed E-state index contributed by atoms with van der Waals surface area (Å²) < 4.78 is 0. The molecule has 3 heteroatoms. The number of hydrogen-bond donors (Lipinski definition) is 1. The molecule has 0 spiro atoms. The number of fused-ring (bicyclic) bond motifs is 1. The summed E-state index contributed by atoms with van der Waals surface area (Å²) in [5.74, 6) is 1.23. The van der Waals surface area contributed by atoms with Crippen LogP contribution in [0.5, 0.6) is 0 Å². The van der Waals surface area contributed by atoms with Gasteiger partial charge in [-0.25, -0.2) is 0 Å². The monoisotopic (exact) mass is 250 g/mol. The Morgan fingerprint density at radius 2 is 2.00 bits per heavy atom. The second-order valence-electron chi connectivity index (χ2n) is 6.74. The summed E-state index contributed by atoms with van der Waals surface area (Å²) in [7, 11) is 0. The van der Waals surface area contributed by atoms with Crippen molar-refractivity contribution < 1.29 is 4.79 Å². The Bertz CT molecular complexity index is 320. The van der Waals surface area contributed by atoms with Crippen LogP contribution in [0.15, 0.2) is 0 Å². The highest BCUT2D eigenvalue weighted by Gasteiger charge is 2.44. The van der Waals surface area contributed by atoms with E-state index in [1.807, 2.05) is 0 Å². The van der Waals surface area contributed by atoms with Gasteiger partial charge in [-0.2, -0.15) is 0 Å². The zero-order chi connectivity index (χ0) is 12.6. The minimum absolute atomic E-state index is 0.126. The average Bonchev–Trinajstić information content (AvgIpc) is 2.85. The van der Waals surface area contributed by atoms with E-state index in [1.165, 1.54) is 38.5 Å². The molecular formula is C15H26N2O. The fourth-order valence-corrected chi connectivity index (χ4v) is 4.22. The maximum Gasteiger partial charge on any atom is 0.230 e. The lowest BCUT2D eigenvalue weighted by atomic mass is 9.76. The van der Waals surface area contributed by atoms with Crippen molar-refractivity contribution in [1.29, 1.82) is 0 Å². The van der Waals surface area contributed by atoms with Crippen LogP contribution in [-0.2, 0) is 4.79 Å². The summed E-state index contributed by atoms with van der Waals surface area (Å²) in [6, 6.07) is 0.567. The molecule has 2 aliphatic heterocycles. The fraction of sp³-hybridized carbons (Fsp3) is 0.933. The predicted octanol–water partition coefficient (Wildman–Crippen LogP) is 2.17. The molecule has 3 nitrogen and oxygen atoms in total. The van der Waals surface area contributed by atoms with Gasteiger partial charge in [0.1, 0.15) is 0 Å². The molecule has 1 saturated carbocycles. The lowest BCUT2D eigenvalue weighted by Crippen LogP contribution is -2.54. The highest BCUT2D eigenvalue weighted by atomic mass is 16.2. The Morgan fingerprint density at radius 1 is 1.22 bits per heavy atom. The summed E-state index contributed by atoms with van der Waals surface area (Å²) in [5.41, 5.74) is -0.126. The molecule has 0 aromatic carbocycles. The number of nitrogens with zero attached hydrogens (tertiary/aromatic N) is 1. The smallest absolute Gasteiger partial charge is 0.230 e. The molecule has 1 unspecified atom stereocenters. The third-order valence-electron chi connectivity index (χ3n) is 5.39. The lowest BCUT2D eigenvalue weighted by Gasteiger charge is -2.46. The molecule has 2 saturated heterocycles.